The van der Waals surface area contributed by atoms with Crippen LogP contribution in [0.4, 0.5) is 5.69 Å². The van der Waals surface area contributed by atoms with Crippen LogP contribution < -0.4 is 16.8 Å². The Balaban J connectivity index is 2.00. The third-order valence-corrected chi connectivity index (χ3v) is 4.77. The predicted octanol–water partition coefficient (Wildman–Crippen LogP) is 3.41. The Kier molecular flexibility index (Phi) is 5.02. The number of hydrogen-bond donors (Lipinski definition) is 3. The first kappa shape index (κ1) is 19.7. The summed E-state index contributed by atoms with van der Waals surface area (Å²) in [6.45, 7) is 10.1. The topological polar surface area (TPSA) is 119 Å². The van der Waals surface area contributed by atoms with E-state index in [1.54, 1.807) is 0 Å². The molecule has 0 spiro atoms. The summed E-state index contributed by atoms with van der Waals surface area (Å²) in [4.78, 5) is 12.9. The van der Waals surface area contributed by atoms with Crippen molar-refractivity contribution in [1.29, 1.82) is 0 Å². The van der Waals surface area contributed by atoms with E-state index in [0.29, 0.717) is 18.6 Å². The Bertz CT molecular complexity index is 974. The standard InChI is InChI=1S/C21H27N5O2/c1-11-6-12(2)8-14(7-11)24-19(27)18-13(3)17-15(25-26-20(22)23)9-21(4,5)10-16(17)28-18/h6-8H,9-10H2,1-5H3,(H,24,27)(H4,22,23,26)/b25-15-. The summed E-state index contributed by atoms with van der Waals surface area (Å²) in [7, 11) is 0. The molecule has 7 nitrogen and oxygen atoms in total. The number of carbonyl (C=O) groups excluding carboxylic acids is 1. The lowest BCUT2D eigenvalue weighted by atomic mass is 9.75. The van der Waals surface area contributed by atoms with Crippen LogP contribution in [0.5, 0.6) is 0 Å². The molecule has 0 bridgehead atoms. The number of aryl methyl sites for hydroxylation is 2. The van der Waals surface area contributed by atoms with Crippen molar-refractivity contribution in [2.75, 3.05) is 5.32 Å². The highest BCUT2D eigenvalue weighted by Gasteiger charge is 2.36. The molecule has 2 aromatic rings. The molecule has 5 N–H and O–H groups in total. The zero-order valence-electron chi connectivity index (χ0n) is 17.0. The largest absolute Gasteiger partial charge is 0.455 e. The van der Waals surface area contributed by atoms with Gasteiger partial charge in [-0.15, -0.1) is 5.10 Å². The van der Waals surface area contributed by atoms with Crippen LogP contribution in [0, 0.1) is 26.2 Å². The quantitative estimate of drug-likeness (QED) is 0.429. The van der Waals surface area contributed by atoms with E-state index in [2.05, 4.69) is 35.4 Å². The van der Waals surface area contributed by atoms with Crippen LogP contribution in [0.15, 0.2) is 32.8 Å². The van der Waals surface area contributed by atoms with Crippen LogP contribution in [0.1, 0.15) is 58.8 Å². The maximum absolute atomic E-state index is 12.9. The van der Waals surface area contributed by atoms with Gasteiger partial charge in [-0.25, -0.2) is 0 Å². The van der Waals surface area contributed by atoms with Gasteiger partial charge in [-0.05, 0) is 55.9 Å². The normalized spacial score (nSPS) is 16.5. The first-order chi connectivity index (χ1) is 13.1. The Morgan fingerprint density at radius 2 is 1.75 bits per heavy atom. The maximum Gasteiger partial charge on any atom is 0.291 e. The van der Waals surface area contributed by atoms with Gasteiger partial charge in [0.25, 0.3) is 5.91 Å². The molecule has 3 rings (SSSR count). The van der Waals surface area contributed by atoms with Gasteiger partial charge in [-0.1, -0.05) is 19.9 Å². The molecule has 0 aliphatic heterocycles. The van der Waals surface area contributed by atoms with Gasteiger partial charge in [0.05, 0.1) is 5.71 Å². The van der Waals surface area contributed by atoms with E-state index in [1.807, 2.05) is 32.9 Å². The molecule has 1 aromatic carbocycles. The molecular weight excluding hydrogens is 354 g/mol. The summed E-state index contributed by atoms with van der Waals surface area (Å²) in [5.74, 6) is 0.644. The van der Waals surface area contributed by atoms with Gasteiger partial charge in [-0.2, -0.15) is 5.10 Å². The van der Waals surface area contributed by atoms with Crippen molar-refractivity contribution >= 4 is 23.3 Å². The number of guanidine groups is 1. The molecule has 0 fully saturated rings. The molecule has 1 aromatic heterocycles. The molecule has 0 radical (unpaired) electrons. The SMILES string of the molecule is Cc1cc(C)cc(NC(=O)c2oc3c(c2C)/C(=N\N=C(N)N)CC(C)(C)C3)c1. The first-order valence-electron chi connectivity index (χ1n) is 9.23. The summed E-state index contributed by atoms with van der Waals surface area (Å²) < 4.78 is 6.00. The van der Waals surface area contributed by atoms with E-state index in [4.69, 9.17) is 15.9 Å². The molecule has 0 unspecified atom stereocenters. The van der Waals surface area contributed by atoms with E-state index >= 15 is 0 Å². The number of amides is 1. The number of fused-ring (bicyclic) bond motifs is 1. The zero-order valence-corrected chi connectivity index (χ0v) is 17.0. The number of rotatable bonds is 3. The van der Waals surface area contributed by atoms with E-state index in [-0.39, 0.29) is 17.3 Å². The highest BCUT2D eigenvalue weighted by molar-refractivity contribution is 6.09. The fourth-order valence-electron chi connectivity index (χ4n) is 3.77. The second kappa shape index (κ2) is 7.14. The van der Waals surface area contributed by atoms with Crippen LogP contribution in [-0.2, 0) is 6.42 Å². The third kappa shape index (κ3) is 4.08. The summed E-state index contributed by atoms with van der Waals surface area (Å²) >= 11 is 0. The Labute approximate surface area is 164 Å². The van der Waals surface area contributed by atoms with Crippen LogP contribution in [-0.4, -0.2) is 17.6 Å². The van der Waals surface area contributed by atoms with Gasteiger partial charge in [0.1, 0.15) is 5.76 Å². The van der Waals surface area contributed by atoms with Gasteiger partial charge >= 0.3 is 0 Å². The van der Waals surface area contributed by atoms with Crippen molar-refractivity contribution < 1.29 is 9.21 Å². The molecule has 1 amide bonds. The van der Waals surface area contributed by atoms with Crippen molar-refractivity contribution in [2.24, 2.45) is 27.1 Å². The lowest BCUT2D eigenvalue weighted by Gasteiger charge is -2.29. The number of nitrogens with one attached hydrogen (secondary N) is 1. The molecule has 0 saturated carbocycles. The number of benzene rings is 1. The highest BCUT2D eigenvalue weighted by atomic mass is 16.4. The number of nitrogens with two attached hydrogens (primary N) is 2. The van der Waals surface area contributed by atoms with Crippen LogP contribution in [0.3, 0.4) is 0 Å². The number of hydrogen-bond acceptors (Lipinski definition) is 4. The van der Waals surface area contributed by atoms with Crippen LogP contribution >= 0.6 is 0 Å². The van der Waals surface area contributed by atoms with Crippen molar-refractivity contribution in [3.63, 3.8) is 0 Å². The number of anilines is 1. The Morgan fingerprint density at radius 3 is 2.36 bits per heavy atom. The van der Waals surface area contributed by atoms with Crippen molar-refractivity contribution in [3.05, 3.63) is 52.0 Å². The monoisotopic (exact) mass is 381 g/mol. The fraction of sp³-hybridized carbons (Fsp3) is 0.381. The van der Waals surface area contributed by atoms with Gasteiger partial charge in [0.2, 0.25) is 5.96 Å². The zero-order chi connectivity index (χ0) is 20.6. The molecule has 7 heteroatoms. The smallest absolute Gasteiger partial charge is 0.291 e. The minimum absolute atomic E-state index is 0.0730. The highest BCUT2D eigenvalue weighted by Crippen LogP contribution is 2.39. The van der Waals surface area contributed by atoms with Crippen LogP contribution in [0.2, 0.25) is 0 Å². The van der Waals surface area contributed by atoms with Gasteiger partial charge in [0.15, 0.2) is 5.76 Å². The van der Waals surface area contributed by atoms with E-state index in [0.717, 1.165) is 39.4 Å². The minimum Gasteiger partial charge on any atom is -0.455 e. The molecule has 0 atom stereocenters. The summed E-state index contributed by atoms with van der Waals surface area (Å²) in [6.07, 6.45) is 1.40. The molecule has 28 heavy (non-hydrogen) atoms. The van der Waals surface area contributed by atoms with Crippen molar-refractivity contribution in [2.45, 2.75) is 47.5 Å². The van der Waals surface area contributed by atoms with Gasteiger partial charge in [-0.3, -0.25) is 4.79 Å². The molecule has 1 heterocycles. The lowest BCUT2D eigenvalue weighted by molar-refractivity contribution is 0.0993. The average Bonchev–Trinajstić information content (AvgIpc) is 2.87. The van der Waals surface area contributed by atoms with E-state index in [1.165, 1.54) is 0 Å². The van der Waals surface area contributed by atoms with E-state index in [9.17, 15) is 4.79 Å². The predicted molar refractivity (Wildman–Crippen MR) is 112 cm³/mol. The summed E-state index contributed by atoms with van der Waals surface area (Å²) in [5.41, 5.74) is 16.0. The number of carbonyl (C=O) groups is 1. The Morgan fingerprint density at radius 1 is 1.11 bits per heavy atom. The number of nitrogens with zero attached hydrogens (tertiary/aromatic N) is 2. The molecule has 148 valence electrons. The summed E-state index contributed by atoms with van der Waals surface area (Å²) in [5, 5.41) is 11.0. The van der Waals surface area contributed by atoms with E-state index < -0.39 is 0 Å². The Hall–Kier alpha value is -3.09. The average molecular weight is 381 g/mol. The van der Waals surface area contributed by atoms with Crippen molar-refractivity contribution in [3.8, 4) is 0 Å². The second-order valence-corrected chi connectivity index (χ2v) is 8.27. The second-order valence-electron chi connectivity index (χ2n) is 8.27. The molecule has 0 saturated heterocycles. The van der Waals surface area contributed by atoms with Crippen molar-refractivity contribution in [1.82, 2.24) is 0 Å². The maximum atomic E-state index is 12.9. The van der Waals surface area contributed by atoms with Gasteiger partial charge < -0.3 is 21.2 Å². The lowest BCUT2D eigenvalue weighted by Crippen LogP contribution is -2.27. The molecule has 1 aliphatic carbocycles. The minimum atomic E-state index is -0.282. The fourth-order valence-corrected chi connectivity index (χ4v) is 3.77. The first-order valence-corrected chi connectivity index (χ1v) is 9.23. The van der Waals surface area contributed by atoms with Gasteiger partial charge in [0, 0.05) is 23.2 Å². The molecule has 1 aliphatic rings. The summed E-state index contributed by atoms with van der Waals surface area (Å²) in [6, 6.07) is 5.91. The molecular formula is C21H27N5O2. The third-order valence-electron chi connectivity index (χ3n) is 4.77. The number of furan rings is 1. The van der Waals surface area contributed by atoms with Crippen LogP contribution in [0.25, 0.3) is 0 Å².